The van der Waals surface area contributed by atoms with Crippen molar-refractivity contribution in [2.45, 2.75) is 51.3 Å². The lowest BCUT2D eigenvalue weighted by Crippen LogP contribution is -2.41. The Morgan fingerprint density at radius 2 is 2.05 bits per heavy atom. The second-order valence-electron chi connectivity index (χ2n) is 5.15. The molecule has 0 atom stereocenters. The maximum Gasteiger partial charge on any atom is 0.319 e. The third-order valence-corrected chi connectivity index (χ3v) is 3.61. The van der Waals surface area contributed by atoms with E-state index in [9.17, 15) is 14.7 Å². The fourth-order valence-corrected chi connectivity index (χ4v) is 2.43. The molecule has 110 valence electrons. The minimum Gasteiger partial charge on any atom is -0.393 e. The third-order valence-electron chi connectivity index (χ3n) is 3.61. The first-order chi connectivity index (χ1) is 9.58. The number of carbonyl (C=O) groups excluding carboxylic acids is 1. The minimum absolute atomic E-state index is 0.0836. The summed E-state index contributed by atoms with van der Waals surface area (Å²) in [7, 11) is 0. The van der Waals surface area contributed by atoms with Crippen LogP contribution in [0.5, 0.6) is 0 Å². The molecule has 1 saturated carbocycles. The van der Waals surface area contributed by atoms with Crippen LogP contribution in [0.15, 0.2) is 23.1 Å². The van der Waals surface area contributed by atoms with Crippen LogP contribution in [-0.4, -0.2) is 27.9 Å². The summed E-state index contributed by atoms with van der Waals surface area (Å²) < 4.78 is 1.53. The molecule has 0 radical (unpaired) electrons. The summed E-state index contributed by atoms with van der Waals surface area (Å²) in [6.45, 7) is 2.44. The molecule has 6 nitrogen and oxygen atoms in total. The van der Waals surface area contributed by atoms with E-state index in [0.717, 1.165) is 25.7 Å². The highest BCUT2D eigenvalue weighted by Gasteiger charge is 2.20. The van der Waals surface area contributed by atoms with Gasteiger partial charge in [-0.3, -0.25) is 4.79 Å². The van der Waals surface area contributed by atoms with E-state index in [-0.39, 0.29) is 23.7 Å². The van der Waals surface area contributed by atoms with Crippen LogP contribution in [0.1, 0.15) is 32.6 Å². The van der Waals surface area contributed by atoms with E-state index >= 15 is 0 Å². The van der Waals surface area contributed by atoms with Crippen molar-refractivity contribution in [2.24, 2.45) is 0 Å². The first kappa shape index (κ1) is 14.6. The Balaban J connectivity index is 1.89. The van der Waals surface area contributed by atoms with Crippen LogP contribution in [0.2, 0.25) is 0 Å². The van der Waals surface area contributed by atoms with Crippen LogP contribution in [0.25, 0.3) is 0 Å². The van der Waals surface area contributed by atoms with Crippen LogP contribution in [0, 0.1) is 0 Å². The highest BCUT2D eigenvalue weighted by atomic mass is 16.3. The van der Waals surface area contributed by atoms with Gasteiger partial charge in [-0.05, 0) is 38.7 Å². The summed E-state index contributed by atoms with van der Waals surface area (Å²) in [5.74, 6) is 0. The van der Waals surface area contributed by atoms with Crippen molar-refractivity contribution in [2.75, 3.05) is 5.32 Å². The average Bonchev–Trinajstić information content (AvgIpc) is 2.43. The molecule has 0 aromatic carbocycles. The van der Waals surface area contributed by atoms with E-state index < -0.39 is 0 Å². The van der Waals surface area contributed by atoms with E-state index in [0.29, 0.717) is 12.2 Å². The lowest BCUT2D eigenvalue weighted by Gasteiger charge is -2.26. The Hall–Kier alpha value is -1.82. The Labute approximate surface area is 117 Å². The topological polar surface area (TPSA) is 83.4 Å². The first-order valence-corrected chi connectivity index (χ1v) is 7.04. The van der Waals surface area contributed by atoms with Crippen molar-refractivity contribution in [3.63, 3.8) is 0 Å². The van der Waals surface area contributed by atoms with Crippen molar-refractivity contribution < 1.29 is 9.90 Å². The number of aryl methyl sites for hydroxylation is 1. The molecule has 1 aliphatic rings. The third kappa shape index (κ3) is 3.84. The van der Waals surface area contributed by atoms with Crippen molar-refractivity contribution in [1.82, 2.24) is 9.88 Å². The van der Waals surface area contributed by atoms with Gasteiger partial charge in [0.1, 0.15) is 0 Å². The number of aromatic nitrogens is 1. The van der Waals surface area contributed by atoms with Crippen LogP contribution in [0.3, 0.4) is 0 Å². The van der Waals surface area contributed by atoms with Crippen molar-refractivity contribution in [3.05, 3.63) is 28.7 Å². The number of nitrogens with one attached hydrogen (secondary N) is 2. The zero-order chi connectivity index (χ0) is 14.5. The van der Waals surface area contributed by atoms with Gasteiger partial charge in [0.05, 0.1) is 11.8 Å². The molecule has 20 heavy (non-hydrogen) atoms. The molecule has 0 aliphatic heterocycles. The summed E-state index contributed by atoms with van der Waals surface area (Å²) in [6, 6.07) is 2.87. The van der Waals surface area contributed by atoms with Crippen LogP contribution >= 0.6 is 0 Å². The minimum atomic E-state index is -0.271. The maximum absolute atomic E-state index is 11.9. The van der Waals surface area contributed by atoms with E-state index in [4.69, 9.17) is 0 Å². The predicted octanol–water partition coefficient (Wildman–Crippen LogP) is 1.29. The summed E-state index contributed by atoms with van der Waals surface area (Å²) in [5.41, 5.74) is 0.513. The van der Waals surface area contributed by atoms with E-state index in [1.807, 2.05) is 6.92 Å². The van der Waals surface area contributed by atoms with Gasteiger partial charge in [0, 0.05) is 24.8 Å². The van der Waals surface area contributed by atoms with Crippen molar-refractivity contribution in [3.8, 4) is 0 Å². The lowest BCUT2D eigenvalue weighted by atomic mass is 9.93. The average molecular weight is 279 g/mol. The molecule has 0 spiro atoms. The second kappa shape index (κ2) is 6.56. The Kier molecular flexibility index (Phi) is 4.79. The molecule has 0 saturated heterocycles. The van der Waals surface area contributed by atoms with Gasteiger partial charge in [0.2, 0.25) is 0 Å². The number of carbonyl (C=O) groups is 1. The Bertz CT molecular complexity index is 519. The van der Waals surface area contributed by atoms with Gasteiger partial charge in [-0.1, -0.05) is 0 Å². The highest BCUT2D eigenvalue weighted by molar-refractivity contribution is 5.89. The van der Waals surface area contributed by atoms with Gasteiger partial charge in [-0.25, -0.2) is 4.79 Å². The molecular weight excluding hydrogens is 258 g/mol. The molecule has 1 aliphatic carbocycles. The fourth-order valence-electron chi connectivity index (χ4n) is 2.43. The highest BCUT2D eigenvalue weighted by Crippen LogP contribution is 2.18. The van der Waals surface area contributed by atoms with Crippen LogP contribution in [-0.2, 0) is 6.54 Å². The summed E-state index contributed by atoms with van der Waals surface area (Å²) in [5, 5.41) is 15.0. The molecule has 1 heterocycles. The zero-order valence-electron chi connectivity index (χ0n) is 11.6. The van der Waals surface area contributed by atoms with Crippen molar-refractivity contribution in [1.29, 1.82) is 0 Å². The number of anilines is 1. The normalized spacial score (nSPS) is 22.3. The van der Waals surface area contributed by atoms with Gasteiger partial charge in [0.15, 0.2) is 0 Å². The molecule has 0 unspecified atom stereocenters. The van der Waals surface area contributed by atoms with Crippen LogP contribution < -0.4 is 16.2 Å². The fraction of sp³-hybridized carbons (Fsp3) is 0.571. The molecule has 3 N–H and O–H groups in total. The summed E-state index contributed by atoms with van der Waals surface area (Å²) in [4.78, 5) is 23.3. The standard InChI is InChI=1S/C14H21N3O3/c1-2-17-9-11(5-8-13(17)19)16-14(20)15-10-3-6-12(18)7-4-10/h5,8-10,12,18H,2-4,6-7H2,1H3,(H2,15,16,20). The maximum atomic E-state index is 11.9. The first-order valence-electron chi connectivity index (χ1n) is 7.04. The second-order valence-corrected chi connectivity index (χ2v) is 5.15. The van der Waals surface area contributed by atoms with Gasteiger partial charge < -0.3 is 20.3 Å². The molecule has 2 rings (SSSR count). The summed E-state index contributed by atoms with van der Waals surface area (Å²) >= 11 is 0. The number of nitrogens with zero attached hydrogens (tertiary/aromatic N) is 1. The number of urea groups is 1. The van der Waals surface area contributed by atoms with Crippen molar-refractivity contribution >= 4 is 11.7 Å². The SMILES string of the molecule is CCn1cc(NC(=O)NC2CCC(O)CC2)ccc1=O. The quantitative estimate of drug-likeness (QED) is 0.779. The predicted molar refractivity (Wildman–Crippen MR) is 76.8 cm³/mol. The number of pyridine rings is 1. The number of aliphatic hydroxyl groups excluding tert-OH is 1. The summed E-state index contributed by atoms with van der Waals surface area (Å²) in [6.07, 6.45) is 4.44. The zero-order valence-corrected chi connectivity index (χ0v) is 11.6. The molecule has 2 amide bonds. The lowest BCUT2D eigenvalue weighted by molar-refractivity contribution is 0.118. The largest absolute Gasteiger partial charge is 0.393 e. The van der Waals surface area contributed by atoms with E-state index in [1.165, 1.54) is 10.6 Å². The number of aliphatic hydroxyl groups is 1. The number of hydrogen-bond donors (Lipinski definition) is 3. The number of hydrogen-bond acceptors (Lipinski definition) is 3. The number of amides is 2. The molecule has 0 bridgehead atoms. The van der Waals surface area contributed by atoms with E-state index in [1.54, 1.807) is 12.3 Å². The molecule has 1 aromatic rings. The van der Waals surface area contributed by atoms with Gasteiger partial charge in [-0.2, -0.15) is 0 Å². The Morgan fingerprint density at radius 1 is 1.35 bits per heavy atom. The molecular formula is C14H21N3O3. The van der Waals surface area contributed by atoms with Gasteiger partial charge in [0.25, 0.3) is 5.56 Å². The number of rotatable bonds is 3. The van der Waals surface area contributed by atoms with E-state index in [2.05, 4.69) is 10.6 Å². The van der Waals surface area contributed by atoms with Gasteiger partial charge in [-0.15, -0.1) is 0 Å². The van der Waals surface area contributed by atoms with Crippen LogP contribution in [0.4, 0.5) is 10.5 Å². The van der Waals surface area contributed by atoms with Gasteiger partial charge >= 0.3 is 6.03 Å². The molecule has 6 heteroatoms. The molecule has 1 fully saturated rings. The smallest absolute Gasteiger partial charge is 0.319 e. The molecule has 1 aromatic heterocycles. The Morgan fingerprint density at radius 3 is 2.70 bits per heavy atom. The monoisotopic (exact) mass is 279 g/mol.